The van der Waals surface area contributed by atoms with E-state index >= 15 is 0 Å². The van der Waals surface area contributed by atoms with Crippen LogP contribution in [-0.4, -0.2) is 26.2 Å². The Morgan fingerprint density at radius 3 is 2.79 bits per heavy atom. The van der Waals surface area contributed by atoms with Crippen LogP contribution in [0.1, 0.15) is 57.4 Å². The van der Waals surface area contributed by atoms with Crippen molar-refractivity contribution in [3.8, 4) is 11.5 Å². The summed E-state index contributed by atoms with van der Waals surface area (Å²) in [5.74, 6) is 2.42. The van der Waals surface area contributed by atoms with E-state index in [4.69, 9.17) is 9.47 Å². The van der Waals surface area contributed by atoms with E-state index in [-0.39, 0.29) is 5.91 Å². The molecule has 0 saturated heterocycles. The summed E-state index contributed by atoms with van der Waals surface area (Å²) in [6, 6.07) is 6.09. The van der Waals surface area contributed by atoms with Gasteiger partial charge in [0.1, 0.15) is 11.5 Å². The van der Waals surface area contributed by atoms with E-state index in [1.54, 1.807) is 14.2 Å². The second-order valence-corrected chi connectivity index (χ2v) is 6.68. The molecule has 0 radical (unpaired) electrons. The molecule has 0 spiro atoms. The third-order valence-electron chi connectivity index (χ3n) is 5.04. The van der Waals surface area contributed by atoms with Gasteiger partial charge in [-0.3, -0.25) is 4.79 Å². The predicted octanol–water partition coefficient (Wildman–Crippen LogP) is 4.11. The van der Waals surface area contributed by atoms with Crippen LogP contribution in [0.15, 0.2) is 18.2 Å². The molecule has 4 nitrogen and oxygen atoms in total. The molecule has 134 valence electrons. The lowest BCUT2D eigenvalue weighted by atomic mass is 9.96. The highest BCUT2D eigenvalue weighted by Crippen LogP contribution is 2.30. The van der Waals surface area contributed by atoms with Crippen LogP contribution in [0.25, 0.3) is 0 Å². The van der Waals surface area contributed by atoms with Gasteiger partial charge >= 0.3 is 0 Å². The number of aryl methyl sites for hydroxylation is 1. The second-order valence-electron chi connectivity index (χ2n) is 6.68. The van der Waals surface area contributed by atoms with Gasteiger partial charge < -0.3 is 14.8 Å². The van der Waals surface area contributed by atoms with Crippen molar-refractivity contribution in [3.63, 3.8) is 0 Å². The van der Waals surface area contributed by atoms with Crippen LogP contribution in [0.4, 0.5) is 0 Å². The summed E-state index contributed by atoms with van der Waals surface area (Å²) >= 11 is 0. The Bertz CT molecular complexity index is 530. The topological polar surface area (TPSA) is 47.6 Å². The third kappa shape index (κ3) is 5.15. The Kier molecular flexibility index (Phi) is 7.41. The summed E-state index contributed by atoms with van der Waals surface area (Å²) in [5, 5.41) is 3.26. The Balaban J connectivity index is 1.86. The lowest BCUT2D eigenvalue weighted by Gasteiger charge is -2.21. The van der Waals surface area contributed by atoms with Crippen LogP contribution < -0.4 is 14.8 Å². The highest BCUT2D eigenvalue weighted by atomic mass is 16.5. The number of unbranched alkanes of at least 4 members (excludes halogenated alkanes) is 1. The smallest absolute Gasteiger partial charge is 0.220 e. The molecule has 0 aliphatic heterocycles. The largest absolute Gasteiger partial charge is 0.497 e. The molecule has 0 aromatic heterocycles. The van der Waals surface area contributed by atoms with E-state index in [1.165, 1.54) is 32.1 Å². The zero-order valence-corrected chi connectivity index (χ0v) is 15.3. The van der Waals surface area contributed by atoms with E-state index in [0.29, 0.717) is 24.8 Å². The van der Waals surface area contributed by atoms with Gasteiger partial charge in [0.15, 0.2) is 0 Å². The molecule has 1 fully saturated rings. The van der Waals surface area contributed by atoms with E-state index in [1.807, 2.05) is 18.2 Å². The summed E-state index contributed by atoms with van der Waals surface area (Å²) in [6.07, 6.45) is 8.51. The highest BCUT2D eigenvalue weighted by Gasteiger charge is 2.27. The number of carbonyl (C=O) groups is 1. The Morgan fingerprint density at radius 1 is 1.25 bits per heavy atom. The van der Waals surface area contributed by atoms with Gasteiger partial charge in [0.05, 0.1) is 14.2 Å². The first-order valence-corrected chi connectivity index (χ1v) is 9.18. The normalized spacial score (nSPS) is 20.0. The van der Waals surface area contributed by atoms with Crippen LogP contribution in [0.5, 0.6) is 11.5 Å². The number of carbonyl (C=O) groups excluding carboxylic acids is 1. The number of hydrogen-bond donors (Lipinski definition) is 1. The maximum atomic E-state index is 12.4. The molecule has 0 bridgehead atoms. The van der Waals surface area contributed by atoms with Crippen molar-refractivity contribution in [1.82, 2.24) is 5.32 Å². The van der Waals surface area contributed by atoms with Gasteiger partial charge in [-0.25, -0.2) is 0 Å². The quantitative estimate of drug-likeness (QED) is 0.740. The van der Waals surface area contributed by atoms with E-state index < -0.39 is 0 Å². The number of amides is 1. The molecule has 2 rings (SSSR count). The summed E-state index contributed by atoms with van der Waals surface area (Å²) < 4.78 is 10.6. The van der Waals surface area contributed by atoms with Gasteiger partial charge in [0.25, 0.3) is 0 Å². The van der Waals surface area contributed by atoms with Crippen LogP contribution in [0.2, 0.25) is 0 Å². The first-order chi connectivity index (χ1) is 11.7. The lowest BCUT2D eigenvalue weighted by Crippen LogP contribution is -2.37. The van der Waals surface area contributed by atoms with Crippen molar-refractivity contribution < 1.29 is 14.3 Å². The molecule has 1 aromatic rings. The fraction of sp³-hybridized carbons (Fsp3) is 0.650. The zero-order chi connectivity index (χ0) is 17.4. The first-order valence-electron chi connectivity index (χ1n) is 9.18. The number of nitrogens with one attached hydrogen (secondary N) is 1. The molecule has 1 aliphatic carbocycles. The number of ether oxygens (including phenoxy) is 2. The molecule has 24 heavy (non-hydrogen) atoms. The molecule has 1 saturated carbocycles. The predicted molar refractivity (Wildman–Crippen MR) is 96.7 cm³/mol. The molecule has 2 unspecified atom stereocenters. The molecule has 1 N–H and O–H groups in total. The fourth-order valence-corrected chi connectivity index (χ4v) is 3.64. The zero-order valence-electron chi connectivity index (χ0n) is 15.3. The van der Waals surface area contributed by atoms with Gasteiger partial charge in [-0.2, -0.15) is 0 Å². The molecule has 2 atom stereocenters. The second kappa shape index (κ2) is 9.55. The van der Waals surface area contributed by atoms with Crippen LogP contribution in [0, 0.1) is 5.92 Å². The molecular weight excluding hydrogens is 302 g/mol. The van der Waals surface area contributed by atoms with E-state index in [9.17, 15) is 4.79 Å². The summed E-state index contributed by atoms with van der Waals surface area (Å²) in [5.41, 5.74) is 1.01. The molecule has 1 aromatic carbocycles. The van der Waals surface area contributed by atoms with Gasteiger partial charge in [-0.15, -0.1) is 0 Å². The fourth-order valence-electron chi connectivity index (χ4n) is 3.64. The van der Waals surface area contributed by atoms with Crippen LogP contribution >= 0.6 is 0 Å². The molecular formula is C20H31NO3. The van der Waals surface area contributed by atoms with Crippen molar-refractivity contribution in [2.45, 2.75) is 64.3 Å². The Morgan fingerprint density at radius 2 is 2.08 bits per heavy atom. The summed E-state index contributed by atoms with van der Waals surface area (Å²) in [7, 11) is 3.30. The molecule has 1 aliphatic rings. The van der Waals surface area contributed by atoms with E-state index in [0.717, 1.165) is 23.5 Å². The van der Waals surface area contributed by atoms with Crippen molar-refractivity contribution in [1.29, 1.82) is 0 Å². The van der Waals surface area contributed by atoms with Gasteiger partial charge in [-0.05, 0) is 55.4 Å². The van der Waals surface area contributed by atoms with Crippen LogP contribution in [0.3, 0.4) is 0 Å². The SMILES string of the molecule is CCCCC1CCCC1NC(=O)CCc1cc(OC)ccc1OC. The first kappa shape index (κ1) is 18.6. The lowest BCUT2D eigenvalue weighted by molar-refractivity contribution is -0.122. The Labute approximate surface area is 145 Å². The number of methoxy groups -OCH3 is 2. The van der Waals surface area contributed by atoms with Crippen molar-refractivity contribution in [2.24, 2.45) is 5.92 Å². The average Bonchev–Trinajstić information content (AvgIpc) is 3.04. The monoisotopic (exact) mass is 333 g/mol. The van der Waals surface area contributed by atoms with Gasteiger partial charge in [-0.1, -0.05) is 26.2 Å². The molecule has 1 amide bonds. The van der Waals surface area contributed by atoms with Crippen LogP contribution in [-0.2, 0) is 11.2 Å². The van der Waals surface area contributed by atoms with Crippen molar-refractivity contribution in [3.05, 3.63) is 23.8 Å². The number of rotatable bonds is 9. The summed E-state index contributed by atoms with van der Waals surface area (Å²) in [6.45, 7) is 2.23. The number of hydrogen-bond acceptors (Lipinski definition) is 3. The standard InChI is InChI=1S/C20H31NO3/c1-4-5-7-15-8-6-9-18(15)21-20(22)13-10-16-14-17(23-2)11-12-19(16)24-3/h11-12,14-15,18H,4-10,13H2,1-3H3,(H,21,22). The highest BCUT2D eigenvalue weighted by molar-refractivity contribution is 5.76. The van der Waals surface area contributed by atoms with Gasteiger partial charge in [0.2, 0.25) is 5.91 Å². The minimum absolute atomic E-state index is 0.147. The van der Waals surface area contributed by atoms with Crippen molar-refractivity contribution >= 4 is 5.91 Å². The minimum atomic E-state index is 0.147. The Hall–Kier alpha value is -1.71. The average molecular weight is 333 g/mol. The molecule has 0 heterocycles. The number of benzene rings is 1. The van der Waals surface area contributed by atoms with E-state index in [2.05, 4.69) is 12.2 Å². The minimum Gasteiger partial charge on any atom is -0.497 e. The maximum Gasteiger partial charge on any atom is 0.220 e. The third-order valence-corrected chi connectivity index (χ3v) is 5.04. The van der Waals surface area contributed by atoms with Gasteiger partial charge in [0, 0.05) is 12.5 Å². The summed E-state index contributed by atoms with van der Waals surface area (Å²) in [4.78, 5) is 12.4. The van der Waals surface area contributed by atoms with Crippen molar-refractivity contribution in [2.75, 3.05) is 14.2 Å². The maximum absolute atomic E-state index is 12.4. The molecule has 4 heteroatoms.